The summed E-state index contributed by atoms with van der Waals surface area (Å²) in [4.78, 5) is 68.9. The van der Waals surface area contributed by atoms with Gasteiger partial charge in [0, 0.05) is 6.92 Å². The van der Waals surface area contributed by atoms with Crippen molar-refractivity contribution in [1.29, 1.82) is 0 Å². The van der Waals surface area contributed by atoms with E-state index in [2.05, 4.69) is 16.0 Å². The highest BCUT2D eigenvalue weighted by atomic mass is 16.6. The van der Waals surface area contributed by atoms with Crippen LogP contribution < -0.4 is 27.4 Å². The van der Waals surface area contributed by atoms with Crippen LogP contribution in [0.3, 0.4) is 0 Å². The van der Waals surface area contributed by atoms with Crippen molar-refractivity contribution in [3.8, 4) is 0 Å². The monoisotopic (exact) mass is 790 g/mol. The Labute approximate surface area is 327 Å². The summed E-state index contributed by atoms with van der Waals surface area (Å²) in [6.07, 6.45) is 0.888. The smallest absolute Gasteiger partial charge is 0.318 e. The number of ketones is 1. The van der Waals surface area contributed by atoms with Gasteiger partial charge >= 0.3 is 11.9 Å². The number of amides is 3. The number of hydrogen-bond donors (Lipinski definition) is 7. The van der Waals surface area contributed by atoms with Crippen molar-refractivity contribution in [2.24, 2.45) is 40.6 Å². The van der Waals surface area contributed by atoms with E-state index in [1.165, 1.54) is 6.92 Å². The fraction of sp³-hybridized carbons (Fsp3) is 0.842. The minimum atomic E-state index is -0.618. The van der Waals surface area contributed by atoms with Crippen LogP contribution in [0.2, 0.25) is 0 Å². The summed E-state index contributed by atoms with van der Waals surface area (Å²) in [5.41, 5.74) is 10.4. The quantitative estimate of drug-likeness (QED) is 0.104. The number of Topliss-reactive ketones (excluding diaryl/α,β-unsaturated/α-hetero) is 1. The van der Waals surface area contributed by atoms with Gasteiger partial charge in [-0.05, 0) is 57.8 Å². The lowest BCUT2D eigenvalue weighted by molar-refractivity contribution is -0.168. The molecule has 8 atom stereocenters. The summed E-state index contributed by atoms with van der Waals surface area (Å²) < 4.78 is 19.6. The predicted octanol–water partition coefficient (Wildman–Crippen LogP) is 0.346. The topological polar surface area (TPSA) is 268 Å². The third kappa shape index (κ3) is 22.9. The van der Waals surface area contributed by atoms with E-state index in [0.29, 0.717) is 44.5 Å². The summed E-state index contributed by atoms with van der Waals surface area (Å²) in [7, 11) is 0. The Bertz CT molecular complexity index is 1200. The Morgan fingerprint density at radius 2 is 1.33 bits per heavy atom. The first-order valence-electron chi connectivity index (χ1n) is 19.1. The number of nitrogens with two attached hydrogens (primary N) is 2. The minimum absolute atomic E-state index is 0.0416. The van der Waals surface area contributed by atoms with E-state index in [-0.39, 0.29) is 67.2 Å². The highest BCUT2D eigenvalue weighted by Gasteiger charge is 2.31. The first-order valence-corrected chi connectivity index (χ1v) is 19.1. The van der Waals surface area contributed by atoms with Crippen LogP contribution in [0.15, 0.2) is 0 Å². The number of ether oxygens (including phenoxy) is 4. The minimum Gasteiger partial charge on any atom is -0.393 e. The van der Waals surface area contributed by atoms with Crippen molar-refractivity contribution in [1.82, 2.24) is 16.0 Å². The van der Waals surface area contributed by atoms with Gasteiger partial charge < -0.3 is 56.6 Å². The molecule has 0 radical (unpaired) electrons. The van der Waals surface area contributed by atoms with Crippen LogP contribution in [-0.4, -0.2) is 128 Å². The number of esters is 2. The van der Waals surface area contributed by atoms with Gasteiger partial charge in [-0.1, -0.05) is 48.5 Å². The highest BCUT2D eigenvalue weighted by Crippen LogP contribution is 2.18. The molecule has 3 heterocycles. The number of hydrogen-bond acceptors (Lipinski definition) is 14. The van der Waals surface area contributed by atoms with E-state index in [1.807, 2.05) is 41.5 Å². The second kappa shape index (κ2) is 26.0. The Hall–Kier alpha value is -3.06. The van der Waals surface area contributed by atoms with Crippen LogP contribution in [0.4, 0.5) is 0 Å². The number of carbonyl (C=O) groups excluding carboxylic acids is 6. The molecule has 17 heteroatoms. The lowest BCUT2D eigenvalue weighted by Gasteiger charge is -2.20. The van der Waals surface area contributed by atoms with Crippen LogP contribution in [0.25, 0.3) is 0 Å². The maximum atomic E-state index is 12.0. The summed E-state index contributed by atoms with van der Waals surface area (Å²) in [6, 6.07) is -2.15. The average Bonchev–Trinajstić information content (AvgIpc) is 3.77. The molecule has 0 aromatic heterocycles. The molecule has 3 aliphatic heterocycles. The molecule has 0 bridgehead atoms. The Morgan fingerprint density at radius 1 is 0.782 bits per heavy atom. The zero-order valence-corrected chi connectivity index (χ0v) is 34.8. The molecule has 55 heavy (non-hydrogen) atoms. The molecule has 320 valence electrons. The number of rotatable bonds is 12. The van der Waals surface area contributed by atoms with Gasteiger partial charge in [0.1, 0.15) is 18.7 Å². The van der Waals surface area contributed by atoms with Gasteiger partial charge in [-0.3, -0.25) is 28.8 Å². The number of carbonyl (C=O) groups is 6. The van der Waals surface area contributed by atoms with Gasteiger partial charge in [0.05, 0.1) is 74.7 Å². The van der Waals surface area contributed by atoms with E-state index < -0.39 is 47.7 Å². The van der Waals surface area contributed by atoms with E-state index in [0.717, 1.165) is 6.42 Å². The van der Waals surface area contributed by atoms with Crippen LogP contribution in [0.5, 0.6) is 0 Å². The second-order valence-electron chi connectivity index (χ2n) is 16.6. The molecular formula is C38H71N5O12. The van der Waals surface area contributed by atoms with Gasteiger partial charge in [-0.15, -0.1) is 0 Å². The first kappa shape index (κ1) is 51.9. The molecule has 9 N–H and O–H groups in total. The Morgan fingerprint density at radius 3 is 1.71 bits per heavy atom. The van der Waals surface area contributed by atoms with Crippen LogP contribution in [0.1, 0.15) is 95.4 Å². The molecule has 0 unspecified atom stereocenters. The SMILES string of the molecule is CC(=O)N[C@@H](CC(C)C)C(=O)N[C@H]1COCC1=O.CC(C)C[C@H](C)C(=O)OC(=O)C(C)(C)C.CC(C)C[C@H](N)C(=O)N[C@H]1COC[C@@H]1O.N[C@H]1COC[C@@H]1O. The fourth-order valence-corrected chi connectivity index (χ4v) is 5.11. The zero-order valence-electron chi connectivity index (χ0n) is 34.8. The van der Waals surface area contributed by atoms with Crippen molar-refractivity contribution < 1.29 is 57.9 Å². The van der Waals surface area contributed by atoms with E-state index in [1.54, 1.807) is 27.7 Å². The van der Waals surface area contributed by atoms with E-state index in [4.69, 9.17) is 35.5 Å². The first-order chi connectivity index (χ1) is 25.3. The molecular weight excluding hydrogens is 718 g/mol. The largest absolute Gasteiger partial charge is 0.393 e. The number of nitrogens with one attached hydrogen (secondary N) is 3. The maximum absolute atomic E-state index is 12.0. The van der Waals surface area contributed by atoms with Crippen LogP contribution in [0, 0.1) is 29.1 Å². The van der Waals surface area contributed by atoms with E-state index >= 15 is 0 Å². The maximum Gasteiger partial charge on any atom is 0.318 e. The molecule has 3 amide bonds. The average molecular weight is 790 g/mol. The normalized spacial score (nSPS) is 23.6. The predicted molar refractivity (Wildman–Crippen MR) is 205 cm³/mol. The summed E-state index contributed by atoms with van der Waals surface area (Å²) in [6.45, 7) is 22.2. The molecule has 17 nitrogen and oxygen atoms in total. The number of aliphatic hydroxyl groups is 2. The Kier molecular flexibility index (Phi) is 24.5. The van der Waals surface area contributed by atoms with Gasteiger partial charge in [-0.2, -0.15) is 0 Å². The van der Waals surface area contributed by atoms with Crippen molar-refractivity contribution in [3.63, 3.8) is 0 Å². The summed E-state index contributed by atoms with van der Waals surface area (Å²) >= 11 is 0. The summed E-state index contributed by atoms with van der Waals surface area (Å²) in [5.74, 6) is -0.931. The van der Waals surface area contributed by atoms with Crippen molar-refractivity contribution in [3.05, 3.63) is 0 Å². The van der Waals surface area contributed by atoms with Gasteiger partial charge in [-0.25, -0.2) is 0 Å². The zero-order chi connectivity index (χ0) is 42.6. The van der Waals surface area contributed by atoms with Crippen molar-refractivity contribution >= 4 is 35.4 Å². The van der Waals surface area contributed by atoms with Crippen LogP contribution >= 0.6 is 0 Å². The highest BCUT2D eigenvalue weighted by molar-refractivity contribution is 5.94. The van der Waals surface area contributed by atoms with Crippen molar-refractivity contribution in [2.75, 3.05) is 39.6 Å². The third-order valence-electron chi connectivity index (χ3n) is 8.20. The second-order valence-corrected chi connectivity index (χ2v) is 16.6. The van der Waals surface area contributed by atoms with Gasteiger partial charge in [0.15, 0.2) is 5.78 Å². The fourth-order valence-electron chi connectivity index (χ4n) is 5.11. The molecule has 0 spiro atoms. The van der Waals surface area contributed by atoms with E-state index in [9.17, 15) is 33.9 Å². The lowest BCUT2D eigenvalue weighted by Crippen LogP contribution is -2.51. The Balaban J connectivity index is 0.000000733. The van der Waals surface area contributed by atoms with Gasteiger partial charge in [0.25, 0.3) is 0 Å². The lowest BCUT2D eigenvalue weighted by atomic mass is 9.96. The van der Waals surface area contributed by atoms with Gasteiger partial charge in [0.2, 0.25) is 17.7 Å². The molecule has 0 aromatic rings. The molecule has 3 rings (SSSR count). The molecule has 3 fully saturated rings. The standard InChI is InChI=1S/C12H20N2O4.C12H22O3.C10H20N2O3.C4H9NO2/c1-7(2)4-9(13-8(3)15)12(17)14-10-5-18-6-11(10)16;1-8(2)7-9(3)10(13)15-11(14)12(4,5)6;1-6(2)3-7(11)10(14)12-8-4-15-5-9(8)13;5-3-1-7-2-4(3)6/h7,9-10H,4-6H2,1-3H3,(H,13,15)(H,14,17);8-9H,7H2,1-6H3;6-9,13H,3-5,11H2,1-2H3,(H,12,14);3-4,6H,1-2,5H2/t9-,10-;9-;7-,8-,9-;3-,4-/m0000/s1. The molecule has 0 aromatic carbocycles. The van der Waals surface area contributed by atoms with Crippen LogP contribution in [-0.2, 0) is 47.7 Å². The number of aliphatic hydroxyl groups excluding tert-OH is 2. The molecule has 3 saturated heterocycles. The van der Waals surface area contributed by atoms with Crippen molar-refractivity contribution in [2.45, 2.75) is 138 Å². The summed E-state index contributed by atoms with van der Waals surface area (Å²) in [5, 5.41) is 26.1. The molecule has 3 aliphatic rings. The molecule has 0 aliphatic carbocycles. The molecule has 0 saturated carbocycles. The third-order valence-corrected chi connectivity index (χ3v) is 8.20.